The molecule has 0 bridgehead atoms. The molecule has 3 heterocycles. The van der Waals surface area contributed by atoms with Crippen molar-refractivity contribution < 1.29 is 19.4 Å². The molecule has 10 heteroatoms. The standard InChI is InChI=1S/C22H22N6O2.CH2O2/c1-27-19-8-7-17-18(13-20(29)24-21(17)22(19)25-26-27)15-3-5-16(6-4-15)30-12-2-10-28-11-9-23-14-28;2-1-3/h3-9,11,14,18H,2,10,12-13H2,1H3,(H,24,29);1H,(H,2,3). The van der Waals surface area contributed by atoms with Gasteiger partial charge < -0.3 is 19.7 Å². The van der Waals surface area contributed by atoms with E-state index in [-0.39, 0.29) is 18.3 Å². The number of nitrogens with zero attached hydrogens (tertiary/aromatic N) is 5. The smallest absolute Gasteiger partial charge is 0.290 e. The van der Waals surface area contributed by atoms with Crippen molar-refractivity contribution in [2.24, 2.45) is 7.05 Å². The molecule has 0 radical (unpaired) electrons. The quantitative estimate of drug-likeness (QED) is 0.343. The van der Waals surface area contributed by atoms with E-state index in [1.165, 1.54) is 0 Å². The number of aryl methyl sites for hydroxylation is 2. The Labute approximate surface area is 189 Å². The van der Waals surface area contributed by atoms with Gasteiger partial charge in [0.1, 0.15) is 11.3 Å². The first kappa shape index (κ1) is 22.0. The maximum Gasteiger partial charge on any atom is 0.290 e. The third kappa shape index (κ3) is 4.84. The van der Waals surface area contributed by atoms with Gasteiger partial charge in [0.25, 0.3) is 6.47 Å². The zero-order chi connectivity index (χ0) is 23.2. The van der Waals surface area contributed by atoms with E-state index < -0.39 is 0 Å². The molecule has 1 atom stereocenters. The number of hydrogen-bond donors (Lipinski definition) is 2. The number of carboxylic acid groups (broad SMARTS) is 1. The third-order valence-corrected chi connectivity index (χ3v) is 5.52. The largest absolute Gasteiger partial charge is 0.494 e. The van der Waals surface area contributed by atoms with E-state index in [4.69, 9.17) is 14.6 Å². The van der Waals surface area contributed by atoms with Crippen molar-refractivity contribution in [2.75, 3.05) is 11.9 Å². The summed E-state index contributed by atoms with van der Waals surface area (Å²) in [4.78, 5) is 24.8. The number of carbonyl (C=O) groups excluding carboxylic acids is 1. The second kappa shape index (κ2) is 9.94. The Morgan fingerprint density at radius 1 is 1.24 bits per heavy atom. The molecule has 0 saturated carbocycles. The number of imidazole rings is 1. The van der Waals surface area contributed by atoms with E-state index in [0.717, 1.165) is 46.6 Å². The Morgan fingerprint density at radius 3 is 2.76 bits per heavy atom. The van der Waals surface area contributed by atoms with E-state index in [1.54, 1.807) is 10.9 Å². The van der Waals surface area contributed by atoms with Crippen LogP contribution in [-0.2, 0) is 23.2 Å². The molecular formula is C23H24N6O4. The van der Waals surface area contributed by atoms with Crippen LogP contribution in [0.5, 0.6) is 5.75 Å². The van der Waals surface area contributed by atoms with Gasteiger partial charge in [0.05, 0.1) is 24.1 Å². The third-order valence-electron chi connectivity index (χ3n) is 5.52. The summed E-state index contributed by atoms with van der Waals surface area (Å²) in [5, 5.41) is 18.2. The van der Waals surface area contributed by atoms with Gasteiger partial charge in [-0.1, -0.05) is 23.4 Å². The molecule has 1 aliphatic rings. The molecule has 1 unspecified atom stereocenters. The second-order valence-electron chi connectivity index (χ2n) is 7.59. The first-order valence-electron chi connectivity index (χ1n) is 10.5. The normalized spacial score (nSPS) is 14.7. The van der Waals surface area contributed by atoms with Crippen molar-refractivity contribution in [1.82, 2.24) is 24.5 Å². The molecule has 2 aromatic heterocycles. The number of benzene rings is 2. The fraction of sp³-hybridized carbons (Fsp3) is 0.261. The summed E-state index contributed by atoms with van der Waals surface area (Å²) in [7, 11) is 1.85. The lowest BCUT2D eigenvalue weighted by molar-refractivity contribution is -0.123. The number of fused-ring (bicyclic) bond motifs is 3. The van der Waals surface area contributed by atoms with Gasteiger partial charge in [0.2, 0.25) is 5.91 Å². The fourth-order valence-corrected chi connectivity index (χ4v) is 3.98. The highest BCUT2D eigenvalue weighted by Crippen LogP contribution is 2.40. The highest BCUT2D eigenvalue weighted by Gasteiger charge is 2.29. The Balaban J connectivity index is 0.000000821. The summed E-state index contributed by atoms with van der Waals surface area (Å²) >= 11 is 0. The van der Waals surface area contributed by atoms with E-state index in [1.807, 2.05) is 54.5 Å². The number of hydrogen-bond acceptors (Lipinski definition) is 6. The molecule has 0 spiro atoms. The maximum absolute atomic E-state index is 12.4. The molecule has 5 rings (SSSR count). The predicted octanol–water partition coefficient (Wildman–Crippen LogP) is 2.81. The highest BCUT2D eigenvalue weighted by atomic mass is 16.5. The van der Waals surface area contributed by atoms with Crippen LogP contribution in [-0.4, -0.2) is 48.6 Å². The van der Waals surface area contributed by atoms with E-state index >= 15 is 0 Å². The molecule has 0 fully saturated rings. The predicted molar refractivity (Wildman–Crippen MR) is 121 cm³/mol. The van der Waals surface area contributed by atoms with Gasteiger partial charge in [0.15, 0.2) is 0 Å². The first-order valence-corrected chi connectivity index (χ1v) is 10.5. The second-order valence-corrected chi connectivity index (χ2v) is 7.59. The van der Waals surface area contributed by atoms with Gasteiger partial charge in [0, 0.05) is 38.3 Å². The summed E-state index contributed by atoms with van der Waals surface area (Å²) in [5.74, 6) is 0.801. The highest BCUT2D eigenvalue weighted by molar-refractivity contribution is 6.03. The van der Waals surface area contributed by atoms with E-state index in [0.29, 0.717) is 13.0 Å². The van der Waals surface area contributed by atoms with Crippen molar-refractivity contribution in [3.8, 4) is 5.75 Å². The minimum Gasteiger partial charge on any atom is -0.494 e. The number of rotatable bonds is 6. The molecule has 0 aliphatic carbocycles. The lowest BCUT2D eigenvalue weighted by Crippen LogP contribution is -2.23. The Hall–Kier alpha value is -4.21. The van der Waals surface area contributed by atoms with Gasteiger partial charge in [-0.3, -0.25) is 9.59 Å². The molecule has 1 amide bonds. The van der Waals surface area contributed by atoms with Crippen molar-refractivity contribution in [1.29, 1.82) is 0 Å². The lowest BCUT2D eigenvalue weighted by atomic mass is 9.84. The van der Waals surface area contributed by atoms with Gasteiger partial charge in [-0.15, -0.1) is 5.10 Å². The van der Waals surface area contributed by atoms with Gasteiger partial charge in [-0.2, -0.15) is 0 Å². The molecule has 0 saturated heterocycles. The SMILES string of the molecule is Cn1nnc2c3c(ccc21)C(c1ccc(OCCCn2ccnc2)cc1)CC(=O)N3.O=CO. The topological polar surface area (TPSA) is 124 Å². The molecule has 170 valence electrons. The minimum atomic E-state index is -0.250. The number of ether oxygens (including phenoxy) is 1. The van der Waals surface area contributed by atoms with Crippen LogP contribution >= 0.6 is 0 Å². The number of anilines is 1. The monoisotopic (exact) mass is 448 g/mol. The average molecular weight is 448 g/mol. The van der Waals surface area contributed by atoms with Crippen molar-refractivity contribution >= 4 is 29.1 Å². The van der Waals surface area contributed by atoms with Crippen LogP contribution in [0.1, 0.15) is 29.9 Å². The van der Waals surface area contributed by atoms with Crippen LogP contribution in [0.25, 0.3) is 11.0 Å². The minimum absolute atomic E-state index is 0.00881. The summed E-state index contributed by atoms with van der Waals surface area (Å²) in [6, 6.07) is 12.1. The molecule has 1 aliphatic heterocycles. The van der Waals surface area contributed by atoms with Crippen LogP contribution in [0.3, 0.4) is 0 Å². The van der Waals surface area contributed by atoms with Crippen LogP contribution in [0, 0.1) is 0 Å². The summed E-state index contributed by atoms with van der Waals surface area (Å²) < 4.78 is 9.61. The summed E-state index contributed by atoms with van der Waals surface area (Å²) in [6.07, 6.45) is 6.84. The first-order chi connectivity index (χ1) is 16.1. The van der Waals surface area contributed by atoms with Gasteiger partial charge in [-0.05, 0) is 35.7 Å². The lowest BCUT2D eigenvalue weighted by Gasteiger charge is -2.26. The zero-order valence-electron chi connectivity index (χ0n) is 18.1. The average Bonchev–Trinajstić information content (AvgIpc) is 3.47. The maximum atomic E-state index is 12.4. The van der Waals surface area contributed by atoms with Gasteiger partial charge >= 0.3 is 0 Å². The van der Waals surface area contributed by atoms with Crippen LogP contribution in [0.15, 0.2) is 55.1 Å². The van der Waals surface area contributed by atoms with Crippen molar-refractivity contribution in [3.63, 3.8) is 0 Å². The number of amides is 1. The van der Waals surface area contributed by atoms with Crippen molar-refractivity contribution in [3.05, 3.63) is 66.2 Å². The van der Waals surface area contributed by atoms with Gasteiger partial charge in [-0.25, -0.2) is 9.67 Å². The molecule has 2 N–H and O–H groups in total. The van der Waals surface area contributed by atoms with Crippen LogP contribution in [0.2, 0.25) is 0 Å². The molecule has 2 aromatic carbocycles. The van der Waals surface area contributed by atoms with Crippen LogP contribution in [0.4, 0.5) is 5.69 Å². The summed E-state index contributed by atoms with van der Waals surface area (Å²) in [5.41, 5.74) is 4.54. The molecular weight excluding hydrogens is 424 g/mol. The number of aromatic nitrogens is 5. The van der Waals surface area contributed by atoms with Crippen molar-refractivity contribution in [2.45, 2.75) is 25.3 Å². The Kier molecular flexibility index (Phi) is 6.63. The van der Waals surface area contributed by atoms with E-state index in [2.05, 4.69) is 26.7 Å². The van der Waals surface area contributed by atoms with Crippen LogP contribution < -0.4 is 10.1 Å². The zero-order valence-corrected chi connectivity index (χ0v) is 18.1. The molecule has 4 aromatic rings. The molecule has 10 nitrogen and oxygen atoms in total. The number of carbonyl (C=O) groups is 2. The van der Waals surface area contributed by atoms with E-state index in [9.17, 15) is 4.79 Å². The number of nitrogens with one attached hydrogen (secondary N) is 1. The molecule has 33 heavy (non-hydrogen) atoms. The Morgan fingerprint density at radius 2 is 2.03 bits per heavy atom. The fourth-order valence-electron chi connectivity index (χ4n) is 3.98. The summed E-state index contributed by atoms with van der Waals surface area (Å²) in [6.45, 7) is 1.26. The Bertz CT molecular complexity index is 1230.